The quantitative estimate of drug-likeness (QED) is 0.299. The second-order valence-electron chi connectivity index (χ2n) is 7.20. The van der Waals surface area contributed by atoms with Crippen molar-refractivity contribution in [1.82, 2.24) is 0 Å². The minimum Gasteiger partial charge on any atom is -0.478 e. The van der Waals surface area contributed by atoms with Gasteiger partial charge in [0.25, 0.3) is 16.0 Å². The first-order valence-electron chi connectivity index (χ1n) is 9.88. The topological polar surface area (TPSA) is 124 Å². The fourth-order valence-electron chi connectivity index (χ4n) is 3.42. The molecule has 4 rings (SSSR count). The number of amides is 1. The van der Waals surface area contributed by atoms with E-state index >= 15 is 0 Å². The number of hydrogen-bond acceptors (Lipinski definition) is 6. The van der Waals surface area contributed by atoms with Crippen molar-refractivity contribution in [2.75, 3.05) is 11.2 Å². The lowest BCUT2D eigenvalue weighted by Gasteiger charge is -2.21. The van der Waals surface area contributed by atoms with Gasteiger partial charge in [-0.25, -0.2) is 9.79 Å². The van der Waals surface area contributed by atoms with E-state index in [1.54, 1.807) is 48.2 Å². The molecule has 1 amide bonds. The Kier molecular flexibility index (Phi) is 6.38. The van der Waals surface area contributed by atoms with Crippen LogP contribution in [0.1, 0.15) is 21.5 Å². The van der Waals surface area contributed by atoms with Crippen LogP contribution in [-0.2, 0) is 14.9 Å². The molecule has 0 unspecified atom stereocenters. The number of benzene rings is 3. The summed E-state index contributed by atoms with van der Waals surface area (Å²) in [5.41, 5.74) is 0.727. The molecule has 34 heavy (non-hydrogen) atoms. The number of carboxylic acid groups (broad SMARTS) is 1. The Balaban J connectivity index is 1.91. The number of carbonyl (C=O) groups excluding carboxylic acids is 1. The Labute approximate surface area is 200 Å². The molecule has 3 aromatic rings. The van der Waals surface area contributed by atoms with Crippen LogP contribution in [0, 0.1) is 0 Å². The minimum atomic E-state index is -4.65. The Hall–Kier alpha value is -3.73. The number of amidine groups is 1. The van der Waals surface area contributed by atoms with Crippen molar-refractivity contribution in [1.29, 1.82) is 0 Å². The summed E-state index contributed by atoms with van der Waals surface area (Å²) >= 11 is 1.58. The Morgan fingerprint density at radius 3 is 2.29 bits per heavy atom. The van der Waals surface area contributed by atoms with Gasteiger partial charge in [0.05, 0.1) is 16.1 Å². The van der Waals surface area contributed by atoms with Gasteiger partial charge in [-0.15, -0.1) is 11.8 Å². The maximum absolute atomic E-state index is 13.5. The van der Waals surface area contributed by atoms with Crippen molar-refractivity contribution >= 4 is 51.4 Å². The second-order valence-corrected chi connectivity index (χ2v) is 9.51. The Morgan fingerprint density at radius 2 is 1.71 bits per heavy atom. The largest absolute Gasteiger partial charge is 0.478 e. The number of hydrogen-bond donors (Lipinski definition) is 2. The monoisotopic (exact) mass is 494 g/mol. The molecule has 0 saturated heterocycles. The maximum Gasteiger partial charge on any atom is 0.337 e. The lowest BCUT2D eigenvalue weighted by Crippen LogP contribution is -2.34. The molecule has 1 aliphatic rings. The number of aliphatic imine (C=N–C) groups is 1. The first kappa shape index (κ1) is 23.4. The minimum absolute atomic E-state index is 0.0457. The fraction of sp³-hybridized carbons (Fsp3) is 0.0417. The number of anilines is 1. The van der Waals surface area contributed by atoms with Crippen LogP contribution in [0.5, 0.6) is 0 Å². The van der Waals surface area contributed by atoms with Gasteiger partial charge in [0.1, 0.15) is 11.5 Å². The van der Waals surface area contributed by atoms with Gasteiger partial charge in [0.2, 0.25) is 0 Å². The molecule has 10 heteroatoms. The fourth-order valence-corrected chi connectivity index (χ4v) is 4.33. The van der Waals surface area contributed by atoms with Crippen molar-refractivity contribution in [3.8, 4) is 0 Å². The average molecular weight is 495 g/mol. The van der Waals surface area contributed by atoms with E-state index in [1.165, 1.54) is 0 Å². The van der Waals surface area contributed by atoms with Crippen molar-refractivity contribution in [3.05, 3.63) is 95.2 Å². The van der Waals surface area contributed by atoms with E-state index in [1.807, 2.05) is 30.5 Å². The van der Waals surface area contributed by atoms with E-state index in [4.69, 9.17) is 0 Å². The highest BCUT2D eigenvalue weighted by molar-refractivity contribution is 7.98. The van der Waals surface area contributed by atoms with Gasteiger partial charge in [0, 0.05) is 10.5 Å². The standard InChI is InChI=1S/C24H18N2O6S2/c1-33-17-9-7-15(8-10-17)13-20-23(27)26(22(25-20)16-5-3-2-4-6-16)21-14-18(34(30,31)32)11-12-19(21)24(28)29/h2-14H,1H3,(H,28,29)(H,30,31,32)/b20-13-. The lowest BCUT2D eigenvalue weighted by atomic mass is 10.1. The molecule has 3 aromatic carbocycles. The van der Waals surface area contributed by atoms with Crippen molar-refractivity contribution in [2.45, 2.75) is 9.79 Å². The summed E-state index contributed by atoms with van der Waals surface area (Å²) in [6.45, 7) is 0. The molecule has 0 spiro atoms. The van der Waals surface area contributed by atoms with E-state index in [9.17, 15) is 27.7 Å². The van der Waals surface area contributed by atoms with Gasteiger partial charge in [-0.05, 0) is 48.2 Å². The van der Waals surface area contributed by atoms with Crippen molar-refractivity contribution in [2.24, 2.45) is 4.99 Å². The normalized spacial score (nSPS) is 15.0. The molecule has 2 N–H and O–H groups in total. The summed E-state index contributed by atoms with van der Waals surface area (Å²) in [6.07, 6.45) is 3.52. The zero-order valence-electron chi connectivity index (χ0n) is 17.7. The van der Waals surface area contributed by atoms with Gasteiger partial charge in [-0.2, -0.15) is 8.42 Å². The van der Waals surface area contributed by atoms with Crippen molar-refractivity contribution < 1.29 is 27.7 Å². The predicted octanol–water partition coefficient (Wildman–Crippen LogP) is 4.19. The molecule has 1 aliphatic heterocycles. The van der Waals surface area contributed by atoms with Gasteiger partial charge in [-0.3, -0.25) is 14.2 Å². The van der Waals surface area contributed by atoms with E-state index in [2.05, 4.69) is 4.99 Å². The zero-order chi connectivity index (χ0) is 24.5. The maximum atomic E-state index is 13.5. The third-order valence-corrected chi connectivity index (χ3v) is 6.64. The summed E-state index contributed by atoms with van der Waals surface area (Å²) in [5.74, 6) is -1.88. The summed E-state index contributed by atoms with van der Waals surface area (Å²) < 4.78 is 33.0. The highest BCUT2D eigenvalue weighted by atomic mass is 32.2. The number of thioether (sulfide) groups is 1. The van der Waals surface area contributed by atoms with Crippen LogP contribution in [-0.4, -0.2) is 42.0 Å². The number of rotatable bonds is 6. The van der Waals surface area contributed by atoms with E-state index in [-0.39, 0.29) is 22.8 Å². The summed E-state index contributed by atoms with van der Waals surface area (Å²) in [7, 11) is -4.65. The van der Waals surface area contributed by atoms with Crippen LogP contribution < -0.4 is 4.90 Å². The van der Waals surface area contributed by atoms with Gasteiger partial charge < -0.3 is 5.11 Å². The second kappa shape index (κ2) is 9.26. The highest BCUT2D eigenvalue weighted by Gasteiger charge is 2.35. The third-order valence-electron chi connectivity index (χ3n) is 5.05. The molecule has 0 aromatic heterocycles. The van der Waals surface area contributed by atoms with Gasteiger partial charge in [-0.1, -0.05) is 42.5 Å². The molecule has 0 radical (unpaired) electrons. The Morgan fingerprint density at radius 1 is 1.03 bits per heavy atom. The average Bonchev–Trinajstić information content (AvgIpc) is 3.14. The van der Waals surface area contributed by atoms with Gasteiger partial charge in [0.15, 0.2) is 0 Å². The summed E-state index contributed by atoms with van der Waals surface area (Å²) in [5, 5.41) is 9.71. The van der Waals surface area contributed by atoms with E-state index < -0.39 is 26.9 Å². The SMILES string of the molecule is CSc1ccc(/C=C2\N=C(c3ccccc3)N(c3cc(S(=O)(=O)O)ccc3C(=O)O)C2=O)cc1. The predicted molar refractivity (Wildman–Crippen MR) is 130 cm³/mol. The molecule has 0 atom stereocenters. The molecule has 0 aliphatic carbocycles. The first-order valence-corrected chi connectivity index (χ1v) is 12.5. The highest BCUT2D eigenvalue weighted by Crippen LogP contribution is 2.32. The zero-order valence-corrected chi connectivity index (χ0v) is 19.4. The summed E-state index contributed by atoms with van der Waals surface area (Å²) in [4.78, 5) is 31.4. The van der Waals surface area contributed by atoms with E-state index in [0.717, 1.165) is 28.0 Å². The Bertz CT molecular complexity index is 1450. The molecule has 8 nitrogen and oxygen atoms in total. The lowest BCUT2D eigenvalue weighted by molar-refractivity contribution is -0.113. The number of carboxylic acids is 1. The van der Waals surface area contributed by atoms with Crippen LogP contribution in [0.4, 0.5) is 5.69 Å². The van der Waals surface area contributed by atoms with Crippen LogP contribution in [0.3, 0.4) is 0 Å². The number of nitrogens with zero attached hydrogens (tertiary/aromatic N) is 2. The molecule has 0 fully saturated rings. The molecule has 0 bridgehead atoms. The molecule has 1 heterocycles. The molecule has 172 valence electrons. The number of carbonyl (C=O) groups is 2. The van der Waals surface area contributed by atoms with Crippen LogP contribution >= 0.6 is 11.8 Å². The van der Waals surface area contributed by atoms with E-state index in [0.29, 0.717) is 11.1 Å². The summed E-state index contributed by atoms with van der Waals surface area (Å²) in [6, 6.07) is 19.0. The first-order chi connectivity index (χ1) is 16.2. The molecular formula is C24H18N2O6S2. The van der Waals surface area contributed by atoms with Crippen LogP contribution in [0.25, 0.3) is 6.08 Å². The van der Waals surface area contributed by atoms with Crippen molar-refractivity contribution in [3.63, 3.8) is 0 Å². The molecule has 0 saturated carbocycles. The third kappa shape index (κ3) is 4.65. The van der Waals surface area contributed by atoms with Crippen LogP contribution in [0.15, 0.2) is 93.3 Å². The molecular weight excluding hydrogens is 476 g/mol. The van der Waals surface area contributed by atoms with Crippen LogP contribution in [0.2, 0.25) is 0 Å². The smallest absolute Gasteiger partial charge is 0.337 e. The number of aromatic carboxylic acids is 1. The van der Waals surface area contributed by atoms with Gasteiger partial charge >= 0.3 is 5.97 Å².